The van der Waals surface area contributed by atoms with Gasteiger partial charge in [0.15, 0.2) is 11.9 Å². The van der Waals surface area contributed by atoms with Gasteiger partial charge in [0.05, 0.1) is 10.0 Å². The molecule has 0 bridgehead atoms. The van der Waals surface area contributed by atoms with E-state index in [2.05, 4.69) is 0 Å². The fraction of sp³-hybridized carbons (Fsp3) is 0.188. The van der Waals surface area contributed by atoms with Crippen LogP contribution in [0.1, 0.15) is 12.5 Å². The molecule has 0 saturated carbocycles. The third-order valence-corrected chi connectivity index (χ3v) is 3.71. The largest absolute Gasteiger partial charge is 0.479 e. The highest BCUT2D eigenvalue weighted by molar-refractivity contribution is 6.37. The van der Waals surface area contributed by atoms with Crippen LogP contribution in [0.2, 0.25) is 10.0 Å². The van der Waals surface area contributed by atoms with Gasteiger partial charge in [-0.15, -0.1) is 0 Å². The molecule has 22 heavy (non-hydrogen) atoms. The first-order valence-electron chi connectivity index (χ1n) is 6.50. The number of hydrogen-bond acceptors (Lipinski definition) is 3. The van der Waals surface area contributed by atoms with Gasteiger partial charge in [-0.3, -0.25) is 0 Å². The molecule has 0 fully saturated rings. The van der Waals surface area contributed by atoms with Crippen LogP contribution in [0.3, 0.4) is 0 Å². The van der Waals surface area contributed by atoms with Gasteiger partial charge < -0.3 is 14.6 Å². The van der Waals surface area contributed by atoms with Crippen molar-refractivity contribution < 1.29 is 19.4 Å². The van der Waals surface area contributed by atoms with Gasteiger partial charge in [0.2, 0.25) is 0 Å². The van der Waals surface area contributed by atoms with E-state index in [0.717, 1.165) is 5.56 Å². The summed E-state index contributed by atoms with van der Waals surface area (Å²) in [6.07, 6.45) is -0.924. The Labute approximate surface area is 138 Å². The molecule has 2 rings (SSSR count). The second-order valence-electron chi connectivity index (χ2n) is 4.68. The number of carboxylic acid groups (broad SMARTS) is 1. The van der Waals surface area contributed by atoms with Crippen LogP contribution in [0.4, 0.5) is 0 Å². The number of benzene rings is 2. The predicted molar refractivity (Wildman–Crippen MR) is 85.4 cm³/mol. The van der Waals surface area contributed by atoms with E-state index in [0.29, 0.717) is 27.3 Å². The Morgan fingerprint density at radius 2 is 1.68 bits per heavy atom. The molecular formula is C16H14Cl2O4. The van der Waals surface area contributed by atoms with Gasteiger partial charge in [-0.1, -0.05) is 29.3 Å². The van der Waals surface area contributed by atoms with Gasteiger partial charge in [-0.2, -0.15) is 0 Å². The molecule has 0 spiro atoms. The molecule has 1 unspecified atom stereocenters. The van der Waals surface area contributed by atoms with E-state index >= 15 is 0 Å². The molecule has 1 N–H and O–H groups in total. The van der Waals surface area contributed by atoms with Crippen molar-refractivity contribution in [3.63, 3.8) is 0 Å². The van der Waals surface area contributed by atoms with Gasteiger partial charge in [0, 0.05) is 0 Å². The second-order valence-corrected chi connectivity index (χ2v) is 5.46. The summed E-state index contributed by atoms with van der Waals surface area (Å²) < 4.78 is 10.9. The summed E-state index contributed by atoms with van der Waals surface area (Å²) in [6.45, 7) is 3.31. The van der Waals surface area contributed by atoms with Gasteiger partial charge >= 0.3 is 5.97 Å². The lowest BCUT2D eigenvalue weighted by Crippen LogP contribution is -2.22. The maximum Gasteiger partial charge on any atom is 0.344 e. The van der Waals surface area contributed by atoms with Crippen molar-refractivity contribution in [2.24, 2.45) is 0 Å². The number of aliphatic carboxylic acids is 1. The predicted octanol–water partition coefficient (Wildman–Crippen LogP) is 4.95. The molecule has 0 aromatic heterocycles. The average Bonchev–Trinajstić information content (AvgIpc) is 2.49. The molecule has 4 nitrogen and oxygen atoms in total. The van der Waals surface area contributed by atoms with E-state index < -0.39 is 12.1 Å². The van der Waals surface area contributed by atoms with Crippen molar-refractivity contribution in [1.29, 1.82) is 0 Å². The third kappa shape index (κ3) is 3.84. The zero-order chi connectivity index (χ0) is 16.3. The Bertz CT molecular complexity index is 683. The SMILES string of the molecule is Cc1ccc(Cl)c(Oc2ccc(OC(C)C(=O)O)cc2)c1Cl. The third-order valence-electron chi connectivity index (χ3n) is 2.95. The van der Waals surface area contributed by atoms with Gasteiger partial charge in [0.1, 0.15) is 11.5 Å². The van der Waals surface area contributed by atoms with Crippen LogP contribution >= 0.6 is 23.2 Å². The smallest absolute Gasteiger partial charge is 0.344 e. The molecule has 1 atom stereocenters. The number of carbonyl (C=O) groups is 1. The molecule has 0 saturated heterocycles. The van der Waals surface area contributed by atoms with Crippen LogP contribution in [0.5, 0.6) is 17.2 Å². The maximum absolute atomic E-state index is 10.7. The van der Waals surface area contributed by atoms with E-state index in [9.17, 15) is 4.79 Å². The lowest BCUT2D eigenvalue weighted by Gasteiger charge is -2.13. The minimum absolute atomic E-state index is 0.385. The highest BCUT2D eigenvalue weighted by Crippen LogP contribution is 2.38. The zero-order valence-corrected chi connectivity index (χ0v) is 13.5. The number of halogens is 2. The summed E-state index contributed by atoms with van der Waals surface area (Å²) >= 11 is 12.3. The van der Waals surface area contributed by atoms with Crippen LogP contribution in [-0.2, 0) is 4.79 Å². The van der Waals surface area contributed by atoms with Gasteiger partial charge in [0.25, 0.3) is 0 Å². The van der Waals surface area contributed by atoms with E-state index in [1.807, 2.05) is 13.0 Å². The first-order valence-corrected chi connectivity index (χ1v) is 7.26. The van der Waals surface area contributed by atoms with Gasteiger partial charge in [-0.25, -0.2) is 4.79 Å². The minimum Gasteiger partial charge on any atom is -0.479 e. The van der Waals surface area contributed by atoms with Crippen molar-refractivity contribution >= 4 is 29.2 Å². The first-order chi connectivity index (χ1) is 10.4. The van der Waals surface area contributed by atoms with Crippen LogP contribution in [0.15, 0.2) is 36.4 Å². The Hall–Kier alpha value is -1.91. The quantitative estimate of drug-likeness (QED) is 0.836. The zero-order valence-electron chi connectivity index (χ0n) is 12.0. The van der Waals surface area contributed by atoms with Crippen LogP contribution in [0.25, 0.3) is 0 Å². The Balaban J connectivity index is 2.15. The molecule has 6 heteroatoms. The Morgan fingerprint density at radius 1 is 1.09 bits per heavy atom. The number of carboxylic acids is 1. The minimum atomic E-state index is -1.03. The van der Waals surface area contributed by atoms with Crippen molar-refractivity contribution in [2.45, 2.75) is 20.0 Å². The number of hydrogen-bond donors (Lipinski definition) is 1. The summed E-state index contributed by atoms with van der Waals surface area (Å²) in [5.41, 5.74) is 0.858. The fourth-order valence-electron chi connectivity index (χ4n) is 1.68. The molecule has 0 heterocycles. The fourth-order valence-corrected chi connectivity index (χ4v) is 2.13. The maximum atomic E-state index is 10.7. The molecule has 0 radical (unpaired) electrons. The van der Waals surface area contributed by atoms with Crippen molar-refractivity contribution in [3.05, 3.63) is 52.0 Å². The lowest BCUT2D eigenvalue weighted by molar-refractivity contribution is -0.144. The van der Waals surface area contributed by atoms with Gasteiger partial charge in [-0.05, 0) is 49.7 Å². The standard InChI is InChI=1S/C16H14Cl2O4/c1-9-3-8-13(17)15(14(9)18)22-12-6-4-11(5-7-12)21-10(2)16(19)20/h3-8,10H,1-2H3,(H,19,20). The van der Waals surface area contributed by atoms with Crippen molar-refractivity contribution in [1.82, 2.24) is 0 Å². The highest BCUT2D eigenvalue weighted by Gasteiger charge is 2.13. The Morgan fingerprint density at radius 3 is 2.27 bits per heavy atom. The van der Waals surface area contributed by atoms with E-state index in [4.69, 9.17) is 37.8 Å². The van der Waals surface area contributed by atoms with Crippen LogP contribution < -0.4 is 9.47 Å². The van der Waals surface area contributed by atoms with Crippen LogP contribution in [0, 0.1) is 6.92 Å². The van der Waals surface area contributed by atoms with Crippen LogP contribution in [-0.4, -0.2) is 17.2 Å². The van der Waals surface area contributed by atoms with E-state index in [-0.39, 0.29) is 0 Å². The molecule has 0 aliphatic heterocycles. The molecule has 0 amide bonds. The molecular weight excluding hydrogens is 327 g/mol. The monoisotopic (exact) mass is 340 g/mol. The van der Waals surface area contributed by atoms with E-state index in [1.54, 1.807) is 30.3 Å². The number of rotatable bonds is 5. The molecule has 2 aromatic carbocycles. The van der Waals surface area contributed by atoms with E-state index in [1.165, 1.54) is 6.92 Å². The summed E-state index contributed by atoms with van der Waals surface area (Å²) in [5, 5.41) is 9.66. The summed E-state index contributed by atoms with van der Waals surface area (Å²) in [7, 11) is 0. The Kier molecular flexibility index (Phi) is 5.16. The molecule has 116 valence electrons. The highest BCUT2D eigenvalue weighted by atomic mass is 35.5. The second kappa shape index (κ2) is 6.90. The first kappa shape index (κ1) is 16.5. The molecule has 0 aliphatic carbocycles. The van der Waals surface area contributed by atoms with Crippen molar-refractivity contribution in [3.8, 4) is 17.2 Å². The average molecular weight is 341 g/mol. The summed E-state index contributed by atoms with van der Waals surface area (Å²) in [5.74, 6) is 0.308. The topological polar surface area (TPSA) is 55.8 Å². The number of aryl methyl sites for hydroxylation is 1. The summed E-state index contributed by atoms with van der Waals surface area (Å²) in [6, 6.07) is 10.1. The summed E-state index contributed by atoms with van der Waals surface area (Å²) in [4.78, 5) is 10.7. The van der Waals surface area contributed by atoms with Crippen molar-refractivity contribution in [2.75, 3.05) is 0 Å². The molecule has 0 aliphatic rings. The number of ether oxygens (including phenoxy) is 2. The molecule has 2 aromatic rings. The normalized spacial score (nSPS) is 11.8. The lowest BCUT2D eigenvalue weighted by atomic mass is 10.2.